The number of aliphatic carboxylic acids is 1. The molecular formula is C16H17NO4. The number of carboxylic acid groups (broad SMARTS) is 1. The number of carbonyl (C=O) groups is 3. The van der Waals surface area contributed by atoms with Gasteiger partial charge in [-0.1, -0.05) is 30.3 Å². The molecule has 1 aliphatic carbocycles. The summed E-state index contributed by atoms with van der Waals surface area (Å²) >= 11 is 0. The molecule has 1 saturated carbocycles. The van der Waals surface area contributed by atoms with Gasteiger partial charge in [-0.15, -0.1) is 0 Å². The first kappa shape index (κ1) is 13.8. The van der Waals surface area contributed by atoms with Crippen LogP contribution in [0.15, 0.2) is 30.3 Å². The van der Waals surface area contributed by atoms with Gasteiger partial charge in [-0.3, -0.25) is 14.5 Å². The van der Waals surface area contributed by atoms with Crippen LogP contribution in [0.3, 0.4) is 0 Å². The van der Waals surface area contributed by atoms with Crippen molar-refractivity contribution < 1.29 is 19.5 Å². The standard InChI is InChI=1S/C16H17NO4/c18-14-11-6-7-12(9-11)15(19)17(14)13(16(20)21)8-10-4-2-1-3-5-10/h1-5,11-13H,6-9H2,(H,20,21). The molecule has 2 bridgehead atoms. The summed E-state index contributed by atoms with van der Waals surface area (Å²) < 4.78 is 0. The third-order valence-electron chi connectivity index (χ3n) is 4.47. The number of nitrogens with zero attached hydrogens (tertiary/aromatic N) is 1. The smallest absolute Gasteiger partial charge is 0.327 e. The van der Waals surface area contributed by atoms with Gasteiger partial charge in [0.2, 0.25) is 11.8 Å². The normalized spacial score (nSPS) is 26.0. The SMILES string of the molecule is O=C(O)C(Cc1ccccc1)N1C(=O)C2CCC(C2)C1=O. The van der Waals surface area contributed by atoms with E-state index in [1.807, 2.05) is 30.3 Å². The lowest BCUT2D eigenvalue weighted by Crippen LogP contribution is -2.55. The first-order valence-corrected chi connectivity index (χ1v) is 7.21. The summed E-state index contributed by atoms with van der Waals surface area (Å²) in [6.07, 6.45) is 2.14. The van der Waals surface area contributed by atoms with E-state index < -0.39 is 12.0 Å². The number of likely N-dealkylation sites (tertiary alicyclic amines) is 1. The van der Waals surface area contributed by atoms with Crippen LogP contribution in [-0.2, 0) is 20.8 Å². The van der Waals surface area contributed by atoms with Crippen molar-refractivity contribution in [1.29, 1.82) is 0 Å². The Morgan fingerprint density at radius 1 is 1.14 bits per heavy atom. The van der Waals surface area contributed by atoms with Gasteiger partial charge in [0.25, 0.3) is 0 Å². The second-order valence-electron chi connectivity index (χ2n) is 5.80. The summed E-state index contributed by atoms with van der Waals surface area (Å²) in [4.78, 5) is 37.3. The monoisotopic (exact) mass is 287 g/mol. The minimum atomic E-state index is -1.12. The van der Waals surface area contributed by atoms with Gasteiger partial charge in [0, 0.05) is 18.3 Å². The maximum Gasteiger partial charge on any atom is 0.327 e. The Bertz CT molecular complexity index is 561. The van der Waals surface area contributed by atoms with E-state index in [1.54, 1.807) is 0 Å². The van der Waals surface area contributed by atoms with Crippen molar-refractivity contribution in [2.45, 2.75) is 31.7 Å². The Morgan fingerprint density at radius 3 is 2.24 bits per heavy atom. The molecule has 0 aromatic heterocycles. The molecule has 0 spiro atoms. The second kappa shape index (κ2) is 5.31. The third-order valence-corrected chi connectivity index (χ3v) is 4.47. The van der Waals surface area contributed by atoms with Crippen molar-refractivity contribution >= 4 is 17.8 Å². The summed E-state index contributed by atoms with van der Waals surface area (Å²) in [6, 6.07) is 8.00. The number of benzene rings is 1. The largest absolute Gasteiger partial charge is 0.480 e. The van der Waals surface area contributed by atoms with E-state index in [0.717, 1.165) is 10.5 Å². The molecular weight excluding hydrogens is 270 g/mol. The van der Waals surface area contributed by atoms with Crippen molar-refractivity contribution in [3.8, 4) is 0 Å². The minimum absolute atomic E-state index is 0.160. The number of hydrogen-bond donors (Lipinski definition) is 1. The Labute approximate surface area is 122 Å². The highest BCUT2D eigenvalue weighted by Crippen LogP contribution is 2.39. The number of amides is 2. The molecule has 1 heterocycles. The van der Waals surface area contributed by atoms with E-state index in [1.165, 1.54) is 0 Å². The highest BCUT2D eigenvalue weighted by atomic mass is 16.4. The van der Waals surface area contributed by atoms with E-state index in [2.05, 4.69) is 0 Å². The first-order chi connectivity index (χ1) is 10.1. The molecule has 21 heavy (non-hydrogen) atoms. The second-order valence-corrected chi connectivity index (χ2v) is 5.80. The molecule has 110 valence electrons. The van der Waals surface area contributed by atoms with Crippen LogP contribution in [0, 0.1) is 11.8 Å². The Balaban J connectivity index is 1.88. The van der Waals surface area contributed by atoms with Crippen LogP contribution < -0.4 is 0 Å². The summed E-state index contributed by atoms with van der Waals surface area (Å²) in [5.74, 6) is -2.09. The van der Waals surface area contributed by atoms with Gasteiger partial charge in [0.15, 0.2) is 0 Å². The minimum Gasteiger partial charge on any atom is -0.480 e. The topological polar surface area (TPSA) is 74.7 Å². The highest BCUT2D eigenvalue weighted by Gasteiger charge is 2.49. The lowest BCUT2D eigenvalue weighted by molar-refractivity contribution is -0.163. The summed E-state index contributed by atoms with van der Waals surface area (Å²) in [5, 5.41) is 9.47. The quantitative estimate of drug-likeness (QED) is 0.851. The summed E-state index contributed by atoms with van der Waals surface area (Å²) in [6.45, 7) is 0. The number of hydrogen-bond acceptors (Lipinski definition) is 3. The van der Waals surface area contributed by atoms with E-state index >= 15 is 0 Å². The molecule has 3 unspecified atom stereocenters. The van der Waals surface area contributed by atoms with Crippen molar-refractivity contribution in [2.24, 2.45) is 11.8 Å². The maximum absolute atomic E-state index is 12.4. The zero-order valence-electron chi connectivity index (χ0n) is 11.6. The first-order valence-electron chi connectivity index (χ1n) is 7.21. The van der Waals surface area contributed by atoms with Crippen LogP contribution in [-0.4, -0.2) is 33.8 Å². The Morgan fingerprint density at radius 2 is 1.71 bits per heavy atom. The Kier molecular flexibility index (Phi) is 3.49. The number of carbonyl (C=O) groups excluding carboxylic acids is 2. The van der Waals surface area contributed by atoms with Gasteiger partial charge < -0.3 is 5.11 Å². The van der Waals surface area contributed by atoms with Crippen LogP contribution in [0.2, 0.25) is 0 Å². The highest BCUT2D eigenvalue weighted by molar-refractivity contribution is 6.04. The molecule has 2 amide bonds. The summed E-state index contributed by atoms with van der Waals surface area (Å²) in [5.41, 5.74) is 0.809. The molecule has 5 heteroatoms. The van der Waals surface area contributed by atoms with Gasteiger partial charge in [-0.05, 0) is 24.8 Å². The number of imide groups is 1. The molecule has 5 nitrogen and oxygen atoms in total. The average Bonchev–Trinajstić information content (AvgIpc) is 2.92. The molecule has 1 N–H and O–H groups in total. The van der Waals surface area contributed by atoms with E-state index in [4.69, 9.17) is 0 Å². The summed E-state index contributed by atoms with van der Waals surface area (Å²) in [7, 11) is 0. The number of piperidine rings is 1. The predicted molar refractivity (Wildman–Crippen MR) is 74.3 cm³/mol. The third kappa shape index (κ3) is 2.44. The molecule has 2 fully saturated rings. The molecule has 0 radical (unpaired) electrons. The van der Waals surface area contributed by atoms with Crippen molar-refractivity contribution in [3.05, 3.63) is 35.9 Å². The van der Waals surface area contributed by atoms with E-state index in [9.17, 15) is 19.5 Å². The zero-order valence-corrected chi connectivity index (χ0v) is 11.6. The molecule has 2 aliphatic rings. The Hall–Kier alpha value is -2.17. The fourth-order valence-corrected chi connectivity index (χ4v) is 3.37. The van der Waals surface area contributed by atoms with Gasteiger partial charge in [-0.25, -0.2) is 4.79 Å². The van der Waals surface area contributed by atoms with Crippen molar-refractivity contribution in [3.63, 3.8) is 0 Å². The molecule has 1 aromatic rings. The van der Waals surface area contributed by atoms with Gasteiger partial charge in [0.05, 0.1) is 0 Å². The number of carboxylic acids is 1. The van der Waals surface area contributed by atoms with Gasteiger partial charge in [-0.2, -0.15) is 0 Å². The number of fused-ring (bicyclic) bond motifs is 2. The van der Waals surface area contributed by atoms with Crippen LogP contribution in [0.25, 0.3) is 0 Å². The van der Waals surface area contributed by atoms with Gasteiger partial charge >= 0.3 is 5.97 Å². The fourth-order valence-electron chi connectivity index (χ4n) is 3.37. The van der Waals surface area contributed by atoms with Crippen molar-refractivity contribution in [2.75, 3.05) is 0 Å². The van der Waals surface area contributed by atoms with Gasteiger partial charge in [0.1, 0.15) is 6.04 Å². The molecule has 3 rings (SSSR count). The average molecular weight is 287 g/mol. The number of rotatable bonds is 4. The van der Waals surface area contributed by atoms with Crippen LogP contribution >= 0.6 is 0 Å². The fraction of sp³-hybridized carbons (Fsp3) is 0.438. The van der Waals surface area contributed by atoms with E-state index in [-0.39, 0.29) is 30.1 Å². The lowest BCUT2D eigenvalue weighted by Gasteiger charge is -2.34. The van der Waals surface area contributed by atoms with Crippen molar-refractivity contribution in [1.82, 2.24) is 4.90 Å². The molecule has 1 saturated heterocycles. The lowest BCUT2D eigenvalue weighted by atomic mass is 9.93. The molecule has 1 aliphatic heterocycles. The van der Waals surface area contributed by atoms with Crippen LogP contribution in [0.1, 0.15) is 24.8 Å². The molecule has 1 aromatic carbocycles. The molecule has 3 atom stereocenters. The van der Waals surface area contributed by atoms with Crippen LogP contribution in [0.4, 0.5) is 0 Å². The predicted octanol–water partition coefficient (Wildman–Crippen LogP) is 1.47. The van der Waals surface area contributed by atoms with E-state index in [0.29, 0.717) is 19.3 Å². The zero-order chi connectivity index (χ0) is 15.0. The maximum atomic E-state index is 12.4. The van der Waals surface area contributed by atoms with Crippen LogP contribution in [0.5, 0.6) is 0 Å².